The van der Waals surface area contributed by atoms with E-state index in [0.717, 1.165) is 24.0 Å². The molecule has 146 valence electrons. The molecule has 0 aromatic heterocycles. The van der Waals surface area contributed by atoms with E-state index in [-0.39, 0.29) is 17.7 Å². The number of anilines is 1. The number of hydrogen-bond donors (Lipinski definition) is 0. The standard InChI is InChI=1S/C21H21Cl2N3O2/c1-14(27)25-24-12-17-6-3-2-5-16(17)11-15-9-10-20(28)26(13-15)21-18(22)7-4-8-19(21)23/h2-8,15H,9-13H2,1H3. The molecule has 0 aliphatic carbocycles. The molecule has 0 bridgehead atoms. The molecule has 1 saturated heterocycles. The van der Waals surface area contributed by atoms with Gasteiger partial charge >= 0.3 is 0 Å². The van der Waals surface area contributed by atoms with Crippen molar-refractivity contribution in [3.8, 4) is 0 Å². The average molecular weight is 418 g/mol. The van der Waals surface area contributed by atoms with E-state index in [1.54, 1.807) is 23.1 Å². The number of halogens is 2. The van der Waals surface area contributed by atoms with E-state index in [2.05, 4.69) is 16.3 Å². The van der Waals surface area contributed by atoms with Gasteiger partial charge < -0.3 is 4.90 Å². The van der Waals surface area contributed by atoms with Crippen molar-refractivity contribution in [1.82, 2.24) is 0 Å². The Hall–Kier alpha value is -2.24. The zero-order chi connectivity index (χ0) is 20.1. The molecule has 7 heteroatoms. The van der Waals surface area contributed by atoms with Crippen LogP contribution in [0.15, 0.2) is 52.7 Å². The van der Waals surface area contributed by atoms with Crippen LogP contribution in [0.4, 0.5) is 5.69 Å². The molecule has 0 spiro atoms. The molecule has 1 aliphatic heterocycles. The molecule has 1 heterocycles. The van der Waals surface area contributed by atoms with Gasteiger partial charge in [-0.05, 0) is 42.0 Å². The fourth-order valence-corrected chi connectivity index (χ4v) is 4.08. The zero-order valence-corrected chi connectivity index (χ0v) is 17.1. The van der Waals surface area contributed by atoms with Crippen molar-refractivity contribution in [3.63, 3.8) is 0 Å². The van der Waals surface area contributed by atoms with Crippen LogP contribution in [0, 0.1) is 5.92 Å². The van der Waals surface area contributed by atoms with Crippen LogP contribution < -0.4 is 4.90 Å². The van der Waals surface area contributed by atoms with E-state index in [1.165, 1.54) is 6.92 Å². The minimum atomic E-state index is -0.310. The third-order valence-corrected chi connectivity index (χ3v) is 5.41. The lowest BCUT2D eigenvalue weighted by molar-refractivity contribution is -0.120. The molecule has 2 aromatic rings. The van der Waals surface area contributed by atoms with Gasteiger partial charge in [0.1, 0.15) is 0 Å². The lowest BCUT2D eigenvalue weighted by Crippen LogP contribution is -2.41. The smallest absolute Gasteiger partial charge is 0.261 e. The SMILES string of the molecule is CC(=O)N=NCc1ccccc1CC1CCC(=O)N(c2c(Cl)cccc2Cl)C1. The summed E-state index contributed by atoms with van der Waals surface area (Å²) in [6.07, 6.45) is 2.07. The van der Waals surface area contributed by atoms with Crippen LogP contribution in [0.2, 0.25) is 10.0 Å². The molecule has 1 atom stereocenters. The second kappa shape index (κ2) is 9.30. The van der Waals surface area contributed by atoms with E-state index >= 15 is 0 Å². The highest BCUT2D eigenvalue weighted by atomic mass is 35.5. The lowest BCUT2D eigenvalue weighted by atomic mass is 9.89. The summed E-state index contributed by atoms with van der Waals surface area (Å²) in [5.41, 5.74) is 2.77. The zero-order valence-electron chi connectivity index (χ0n) is 15.6. The van der Waals surface area contributed by atoms with Gasteiger partial charge in [0.2, 0.25) is 5.91 Å². The maximum Gasteiger partial charge on any atom is 0.261 e. The summed E-state index contributed by atoms with van der Waals surface area (Å²) in [4.78, 5) is 25.2. The first-order chi connectivity index (χ1) is 13.5. The third kappa shape index (κ3) is 4.97. The molecule has 2 aromatic carbocycles. The first-order valence-corrected chi connectivity index (χ1v) is 9.90. The van der Waals surface area contributed by atoms with E-state index in [4.69, 9.17) is 23.2 Å². The number of para-hydroxylation sites is 1. The summed E-state index contributed by atoms with van der Waals surface area (Å²) >= 11 is 12.6. The Balaban J connectivity index is 1.77. The fourth-order valence-electron chi connectivity index (χ4n) is 3.48. The molecule has 0 saturated carbocycles. The summed E-state index contributed by atoms with van der Waals surface area (Å²) < 4.78 is 0. The van der Waals surface area contributed by atoms with E-state index in [9.17, 15) is 9.59 Å². The number of hydrogen-bond acceptors (Lipinski definition) is 3. The van der Waals surface area contributed by atoms with Crippen LogP contribution in [-0.4, -0.2) is 18.4 Å². The third-order valence-electron chi connectivity index (χ3n) is 4.80. The highest BCUT2D eigenvalue weighted by Crippen LogP contribution is 2.37. The summed E-state index contributed by atoms with van der Waals surface area (Å²) in [7, 11) is 0. The Labute approximate surface area is 174 Å². The van der Waals surface area contributed by atoms with Gasteiger partial charge in [0.15, 0.2) is 0 Å². The summed E-state index contributed by atoms with van der Waals surface area (Å²) in [5.74, 6) is 0.00117. The predicted molar refractivity (Wildman–Crippen MR) is 111 cm³/mol. The number of piperidine rings is 1. The highest BCUT2D eigenvalue weighted by molar-refractivity contribution is 6.39. The molecular weight excluding hydrogens is 397 g/mol. The minimum Gasteiger partial charge on any atom is -0.309 e. The predicted octanol–water partition coefficient (Wildman–Crippen LogP) is 5.48. The normalized spacial score (nSPS) is 17.3. The number of nitrogens with zero attached hydrogens (tertiary/aromatic N) is 3. The van der Waals surface area contributed by atoms with Crippen molar-refractivity contribution in [3.05, 3.63) is 63.6 Å². The minimum absolute atomic E-state index is 0.0368. The monoisotopic (exact) mass is 417 g/mol. The van der Waals surface area contributed by atoms with E-state index < -0.39 is 0 Å². The molecule has 0 radical (unpaired) electrons. The van der Waals surface area contributed by atoms with E-state index in [1.807, 2.05) is 18.2 Å². The Morgan fingerprint density at radius 2 is 1.79 bits per heavy atom. The summed E-state index contributed by atoms with van der Waals surface area (Å²) in [5, 5.41) is 8.52. The Morgan fingerprint density at radius 1 is 1.11 bits per heavy atom. The van der Waals surface area contributed by atoms with Crippen molar-refractivity contribution < 1.29 is 9.59 Å². The van der Waals surface area contributed by atoms with Gasteiger partial charge in [-0.25, -0.2) is 0 Å². The average Bonchev–Trinajstić information content (AvgIpc) is 2.65. The molecule has 1 aliphatic rings. The number of azo groups is 1. The largest absolute Gasteiger partial charge is 0.309 e. The van der Waals surface area contributed by atoms with Crippen molar-refractivity contribution in [2.24, 2.45) is 16.1 Å². The first kappa shape index (κ1) is 20.5. The molecular formula is C21H21Cl2N3O2. The van der Waals surface area contributed by atoms with Crippen LogP contribution in [0.25, 0.3) is 0 Å². The van der Waals surface area contributed by atoms with Gasteiger partial charge in [0.05, 0.1) is 22.3 Å². The second-order valence-corrected chi connectivity index (χ2v) is 7.69. The molecule has 1 fully saturated rings. The Kier molecular flexibility index (Phi) is 6.81. The molecule has 0 N–H and O–H groups in total. The quantitative estimate of drug-likeness (QED) is 0.604. The molecule has 28 heavy (non-hydrogen) atoms. The van der Waals surface area contributed by atoms with Gasteiger partial charge in [-0.15, -0.1) is 5.11 Å². The van der Waals surface area contributed by atoms with Gasteiger partial charge in [-0.1, -0.05) is 53.5 Å². The van der Waals surface area contributed by atoms with Crippen LogP contribution in [-0.2, 0) is 22.6 Å². The molecule has 2 amide bonds. The first-order valence-electron chi connectivity index (χ1n) is 9.15. The topological polar surface area (TPSA) is 62.1 Å². The summed E-state index contributed by atoms with van der Waals surface area (Å²) in [6.45, 7) is 2.30. The van der Waals surface area contributed by atoms with Crippen molar-refractivity contribution >= 4 is 40.7 Å². The van der Waals surface area contributed by atoms with Crippen molar-refractivity contribution in [2.75, 3.05) is 11.4 Å². The lowest BCUT2D eigenvalue weighted by Gasteiger charge is -2.34. The van der Waals surface area contributed by atoms with Gasteiger partial charge in [0.25, 0.3) is 5.91 Å². The number of benzene rings is 2. The van der Waals surface area contributed by atoms with Crippen LogP contribution in [0.5, 0.6) is 0 Å². The van der Waals surface area contributed by atoms with Crippen LogP contribution >= 0.6 is 23.2 Å². The van der Waals surface area contributed by atoms with E-state index in [0.29, 0.717) is 35.2 Å². The fraction of sp³-hybridized carbons (Fsp3) is 0.333. The number of carbonyl (C=O) groups excluding carboxylic acids is 2. The van der Waals surface area contributed by atoms with Crippen LogP contribution in [0.3, 0.4) is 0 Å². The van der Waals surface area contributed by atoms with Gasteiger partial charge in [-0.3, -0.25) is 9.59 Å². The van der Waals surface area contributed by atoms with Gasteiger partial charge in [-0.2, -0.15) is 5.11 Å². The number of carbonyl (C=O) groups is 2. The molecule has 1 unspecified atom stereocenters. The van der Waals surface area contributed by atoms with Gasteiger partial charge in [0, 0.05) is 19.9 Å². The highest BCUT2D eigenvalue weighted by Gasteiger charge is 2.29. The van der Waals surface area contributed by atoms with Crippen LogP contribution in [0.1, 0.15) is 30.9 Å². The number of rotatable bonds is 5. The summed E-state index contributed by atoms with van der Waals surface area (Å²) in [6, 6.07) is 13.2. The maximum absolute atomic E-state index is 12.5. The Bertz CT molecular complexity index is 894. The van der Waals surface area contributed by atoms with Crippen molar-refractivity contribution in [2.45, 2.75) is 32.7 Å². The Morgan fingerprint density at radius 3 is 2.46 bits per heavy atom. The number of amides is 2. The maximum atomic E-state index is 12.5. The second-order valence-electron chi connectivity index (χ2n) is 6.87. The molecule has 5 nitrogen and oxygen atoms in total. The molecule has 3 rings (SSSR count). The van der Waals surface area contributed by atoms with Crippen molar-refractivity contribution in [1.29, 1.82) is 0 Å².